The van der Waals surface area contributed by atoms with Crippen molar-refractivity contribution in [3.05, 3.63) is 77.9 Å². The molecule has 4 aromatic rings. The fourth-order valence-electron chi connectivity index (χ4n) is 4.03. The first-order valence-corrected chi connectivity index (χ1v) is 12.7. The summed E-state index contributed by atoms with van der Waals surface area (Å²) >= 11 is 5.07. The lowest BCUT2D eigenvalue weighted by molar-refractivity contribution is 0.613. The second-order valence-corrected chi connectivity index (χ2v) is 10.7. The van der Waals surface area contributed by atoms with Gasteiger partial charge in [-0.3, -0.25) is 4.79 Å². The van der Waals surface area contributed by atoms with Crippen molar-refractivity contribution >= 4 is 44.4 Å². The molecule has 6 nitrogen and oxygen atoms in total. The van der Waals surface area contributed by atoms with Gasteiger partial charge in [0.1, 0.15) is 16.9 Å². The van der Waals surface area contributed by atoms with Crippen molar-refractivity contribution in [3.63, 3.8) is 0 Å². The Morgan fingerprint density at radius 1 is 1.26 bits per heavy atom. The fraction of sp³-hybridized carbons (Fsp3) is 0.308. The van der Waals surface area contributed by atoms with Crippen LogP contribution in [-0.2, 0) is 0 Å². The average molecular weight is 536 g/mol. The largest absolute Gasteiger partial charge is 0.308 e. The van der Waals surface area contributed by atoms with E-state index in [0.717, 1.165) is 43.3 Å². The van der Waals surface area contributed by atoms with Crippen LogP contribution < -0.4 is 5.56 Å². The monoisotopic (exact) mass is 535 g/mol. The first kappa shape index (κ1) is 24.1. The van der Waals surface area contributed by atoms with Gasteiger partial charge in [0.05, 0.1) is 22.7 Å². The van der Waals surface area contributed by atoms with Crippen molar-refractivity contribution in [1.29, 1.82) is 5.26 Å². The number of nitriles is 1. The number of hydrogen-bond donors (Lipinski definition) is 0. The van der Waals surface area contributed by atoms with E-state index >= 15 is 0 Å². The van der Waals surface area contributed by atoms with Gasteiger partial charge in [0.2, 0.25) is 0 Å². The zero-order chi connectivity index (χ0) is 24.7. The first-order chi connectivity index (χ1) is 16.2. The van der Waals surface area contributed by atoms with Gasteiger partial charge in [-0.25, -0.2) is 4.98 Å². The minimum absolute atomic E-state index is 0.0700. The summed E-state index contributed by atoms with van der Waals surface area (Å²) in [5, 5.41) is 15.8. The summed E-state index contributed by atoms with van der Waals surface area (Å²) in [5.41, 5.74) is 5.06. The maximum Gasteiger partial charge on any atom is 0.282 e. The normalized spacial score (nSPS) is 12.5. The van der Waals surface area contributed by atoms with Crippen molar-refractivity contribution < 1.29 is 0 Å². The highest BCUT2D eigenvalue weighted by Crippen LogP contribution is 2.33. The second-order valence-electron chi connectivity index (χ2n) is 8.54. The lowest BCUT2D eigenvalue weighted by atomic mass is 10.1. The van der Waals surface area contributed by atoms with Crippen LogP contribution in [0.5, 0.6) is 0 Å². The number of benzene rings is 1. The van der Waals surface area contributed by atoms with Crippen LogP contribution >= 0.6 is 27.3 Å². The minimum atomic E-state index is -0.192. The van der Waals surface area contributed by atoms with E-state index in [1.165, 1.54) is 4.68 Å². The summed E-state index contributed by atoms with van der Waals surface area (Å²) in [5.74, 6) is 0.712. The molecule has 174 valence electrons. The molecule has 4 rings (SSSR count). The number of hydrogen-bond acceptors (Lipinski definition) is 5. The van der Waals surface area contributed by atoms with Gasteiger partial charge in [-0.05, 0) is 63.9 Å². The first-order valence-electron chi connectivity index (χ1n) is 11.1. The molecule has 0 fully saturated rings. The maximum atomic E-state index is 13.4. The molecule has 0 unspecified atom stereocenters. The Morgan fingerprint density at radius 2 is 2.00 bits per heavy atom. The zero-order valence-corrected chi connectivity index (χ0v) is 22.5. The summed E-state index contributed by atoms with van der Waals surface area (Å²) in [6.45, 7) is 12.2. The van der Waals surface area contributed by atoms with Crippen molar-refractivity contribution in [1.82, 2.24) is 14.2 Å². The average Bonchev–Trinajstić information content (AvgIpc) is 3.25. The van der Waals surface area contributed by atoms with E-state index in [2.05, 4.69) is 45.5 Å². The lowest BCUT2D eigenvalue weighted by Gasteiger charge is -2.14. The summed E-state index contributed by atoms with van der Waals surface area (Å²) in [6.07, 6.45) is 2.56. The Labute approximate surface area is 211 Å². The Kier molecular flexibility index (Phi) is 6.61. The summed E-state index contributed by atoms with van der Waals surface area (Å²) < 4.78 is 4.34. The van der Waals surface area contributed by atoms with Crippen molar-refractivity contribution in [2.24, 2.45) is 5.10 Å². The molecule has 0 aliphatic carbocycles. The smallest absolute Gasteiger partial charge is 0.282 e. The Hall–Kier alpha value is -3.02. The molecule has 8 heteroatoms. The molecule has 1 atom stereocenters. The number of nitrogens with zero attached hydrogens (tertiary/aromatic N) is 5. The van der Waals surface area contributed by atoms with Crippen LogP contribution in [0.3, 0.4) is 0 Å². The lowest BCUT2D eigenvalue weighted by Crippen LogP contribution is -2.23. The van der Waals surface area contributed by atoms with Crippen LogP contribution in [0.4, 0.5) is 0 Å². The third-order valence-electron chi connectivity index (χ3n) is 6.35. The van der Waals surface area contributed by atoms with E-state index in [0.29, 0.717) is 22.3 Å². The predicted molar refractivity (Wildman–Crippen MR) is 143 cm³/mol. The number of rotatable bonds is 5. The standard InChI is InChI=1S/C26H26BrN5OS/c1-7-14(2)24-30-23-9-8-20(27)11-21(23)25(33)32(24)29-13-19-10-15(3)31(17(19)5)26-22(12-28)16(4)18(6)34-26/h8-11,13-14H,7H2,1-6H3/t14-/m1/s1. The van der Waals surface area contributed by atoms with E-state index in [1.54, 1.807) is 23.6 Å². The van der Waals surface area contributed by atoms with E-state index in [-0.39, 0.29) is 11.5 Å². The van der Waals surface area contributed by atoms with Crippen molar-refractivity contribution in [2.45, 2.75) is 53.9 Å². The SMILES string of the molecule is CC[C@@H](C)c1nc2ccc(Br)cc2c(=O)n1N=Cc1cc(C)n(-c2sc(C)c(C)c2C#N)c1C. The molecule has 0 aliphatic rings. The minimum Gasteiger partial charge on any atom is -0.308 e. The molecule has 1 aromatic carbocycles. The van der Waals surface area contributed by atoms with Crippen LogP contribution in [0.25, 0.3) is 15.9 Å². The highest BCUT2D eigenvalue weighted by Gasteiger charge is 2.19. The van der Waals surface area contributed by atoms with Gasteiger partial charge in [-0.15, -0.1) is 11.3 Å². The van der Waals surface area contributed by atoms with E-state index in [9.17, 15) is 10.1 Å². The Morgan fingerprint density at radius 3 is 2.68 bits per heavy atom. The molecule has 34 heavy (non-hydrogen) atoms. The number of halogens is 1. The number of thiophene rings is 1. The predicted octanol–water partition coefficient (Wildman–Crippen LogP) is 6.51. The fourth-order valence-corrected chi connectivity index (χ4v) is 5.61. The molecule has 0 amide bonds. The van der Waals surface area contributed by atoms with Gasteiger partial charge in [-0.2, -0.15) is 15.0 Å². The quantitative estimate of drug-likeness (QED) is 0.273. The molecule has 0 spiro atoms. The van der Waals surface area contributed by atoms with Crippen LogP contribution in [0, 0.1) is 39.0 Å². The van der Waals surface area contributed by atoms with Gasteiger partial charge >= 0.3 is 0 Å². The van der Waals surface area contributed by atoms with E-state index in [1.807, 2.05) is 45.9 Å². The van der Waals surface area contributed by atoms with Gasteiger partial charge < -0.3 is 4.57 Å². The highest BCUT2D eigenvalue weighted by molar-refractivity contribution is 9.10. The van der Waals surface area contributed by atoms with Crippen LogP contribution in [0.15, 0.2) is 38.6 Å². The van der Waals surface area contributed by atoms with Gasteiger partial charge in [0.15, 0.2) is 0 Å². The van der Waals surface area contributed by atoms with Gasteiger partial charge in [0, 0.05) is 32.2 Å². The number of aryl methyl sites for hydroxylation is 2. The summed E-state index contributed by atoms with van der Waals surface area (Å²) in [7, 11) is 0. The number of fused-ring (bicyclic) bond motifs is 1. The second kappa shape index (κ2) is 9.32. The highest BCUT2D eigenvalue weighted by atomic mass is 79.9. The topological polar surface area (TPSA) is 76.0 Å². The maximum absolute atomic E-state index is 13.4. The Bertz CT molecular complexity index is 1550. The van der Waals surface area contributed by atoms with Crippen molar-refractivity contribution in [3.8, 4) is 11.1 Å². The molecule has 3 aromatic heterocycles. The summed E-state index contributed by atoms with van der Waals surface area (Å²) in [4.78, 5) is 19.3. The van der Waals surface area contributed by atoms with Gasteiger partial charge in [0.25, 0.3) is 5.56 Å². The van der Waals surface area contributed by atoms with E-state index in [4.69, 9.17) is 4.98 Å². The third-order valence-corrected chi connectivity index (χ3v) is 8.04. The van der Waals surface area contributed by atoms with Crippen LogP contribution in [0.1, 0.15) is 65.0 Å². The molecule has 0 saturated heterocycles. The molecule has 0 saturated carbocycles. The third kappa shape index (κ3) is 4.04. The van der Waals surface area contributed by atoms with Crippen molar-refractivity contribution in [2.75, 3.05) is 0 Å². The molecular weight excluding hydrogens is 510 g/mol. The van der Waals surface area contributed by atoms with Crippen LogP contribution in [0.2, 0.25) is 0 Å². The molecule has 0 bridgehead atoms. The summed E-state index contributed by atoms with van der Waals surface area (Å²) in [6, 6.07) is 9.92. The molecule has 0 N–H and O–H groups in total. The van der Waals surface area contributed by atoms with Gasteiger partial charge in [-0.1, -0.05) is 29.8 Å². The van der Waals surface area contributed by atoms with Crippen LogP contribution in [-0.4, -0.2) is 20.4 Å². The number of aromatic nitrogens is 3. The van der Waals surface area contributed by atoms with E-state index < -0.39 is 0 Å². The molecule has 0 aliphatic heterocycles. The molecule has 0 radical (unpaired) electrons. The Balaban J connectivity index is 1.87. The molecule has 3 heterocycles. The zero-order valence-electron chi connectivity index (χ0n) is 20.1. The molecular formula is C26H26BrN5OS.